The average Bonchev–Trinajstić information content (AvgIpc) is 2.03. The minimum atomic E-state index is 0.215. The van der Waals surface area contributed by atoms with Crippen LogP contribution in [0.4, 0.5) is 0 Å². The fraction of sp³-hybridized carbons (Fsp3) is 0.818. The number of hydrogen-bond acceptors (Lipinski definition) is 2. The van der Waals surface area contributed by atoms with Gasteiger partial charge in [-0.15, -0.1) is 0 Å². The van der Waals surface area contributed by atoms with Crippen molar-refractivity contribution in [1.29, 1.82) is 0 Å². The van der Waals surface area contributed by atoms with Crippen LogP contribution in [0.15, 0.2) is 11.3 Å². The Morgan fingerprint density at radius 2 is 1.92 bits per heavy atom. The van der Waals surface area contributed by atoms with Gasteiger partial charge in [-0.2, -0.15) is 0 Å². The van der Waals surface area contributed by atoms with E-state index in [1.165, 1.54) is 11.3 Å². The van der Waals surface area contributed by atoms with E-state index in [1.807, 2.05) is 0 Å². The average molecular weight is 183 g/mol. The van der Waals surface area contributed by atoms with Gasteiger partial charge in [0.15, 0.2) is 0 Å². The lowest BCUT2D eigenvalue weighted by atomic mass is 9.83. The lowest BCUT2D eigenvalue weighted by Crippen LogP contribution is -2.33. The molecule has 1 rings (SSSR count). The Morgan fingerprint density at radius 3 is 2.31 bits per heavy atom. The highest BCUT2D eigenvalue weighted by atomic mass is 16.5. The largest absolute Gasteiger partial charge is 0.366 e. The third-order valence-corrected chi connectivity index (χ3v) is 2.42. The van der Waals surface area contributed by atoms with E-state index in [4.69, 9.17) is 4.74 Å². The maximum atomic E-state index is 5.42. The lowest BCUT2D eigenvalue weighted by molar-refractivity contribution is 0.110. The van der Waals surface area contributed by atoms with Gasteiger partial charge in [-0.1, -0.05) is 34.6 Å². The van der Waals surface area contributed by atoms with Gasteiger partial charge in [0.25, 0.3) is 0 Å². The molecule has 0 spiro atoms. The van der Waals surface area contributed by atoms with Crippen LogP contribution in [0.2, 0.25) is 0 Å². The van der Waals surface area contributed by atoms with Crippen molar-refractivity contribution in [2.45, 2.75) is 34.6 Å². The molecule has 0 radical (unpaired) electrons. The van der Waals surface area contributed by atoms with Gasteiger partial charge in [-0.05, 0) is 16.9 Å². The normalized spacial score (nSPS) is 19.2. The van der Waals surface area contributed by atoms with Gasteiger partial charge >= 0.3 is 0 Å². The number of allylic oxidation sites excluding steroid dienone is 1. The first kappa shape index (κ1) is 10.6. The predicted octanol–water partition coefficient (Wildman–Crippen LogP) is 2.52. The summed E-state index contributed by atoms with van der Waals surface area (Å²) in [4.78, 5) is 0. The Bertz CT molecular complexity index is 211. The van der Waals surface area contributed by atoms with Crippen molar-refractivity contribution in [2.75, 3.05) is 13.3 Å². The highest BCUT2D eigenvalue weighted by Crippen LogP contribution is 2.31. The molecule has 0 atom stereocenters. The molecule has 1 aliphatic heterocycles. The van der Waals surface area contributed by atoms with E-state index in [1.54, 1.807) is 0 Å². The second-order valence-electron chi connectivity index (χ2n) is 4.97. The van der Waals surface area contributed by atoms with Crippen LogP contribution in [-0.4, -0.2) is 13.3 Å². The topological polar surface area (TPSA) is 21.3 Å². The fourth-order valence-corrected chi connectivity index (χ4v) is 1.64. The predicted molar refractivity (Wildman–Crippen MR) is 55.3 cm³/mol. The Balaban J connectivity index is 2.97. The van der Waals surface area contributed by atoms with Crippen LogP contribution in [0, 0.1) is 11.3 Å². The first-order valence-electron chi connectivity index (χ1n) is 4.98. The van der Waals surface area contributed by atoms with Crippen molar-refractivity contribution in [1.82, 2.24) is 5.32 Å². The van der Waals surface area contributed by atoms with Gasteiger partial charge in [-0.25, -0.2) is 0 Å². The molecule has 13 heavy (non-hydrogen) atoms. The van der Waals surface area contributed by atoms with Gasteiger partial charge in [-0.3, -0.25) is 0 Å². The molecular formula is C11H21NO. The molecule has 0 bridgehead atoms. The summed E-state index contributed by atoms with van der Waals surface area (Å²) in [6.07, 6.45) is 0. The molecule has 0 aromatic heterocycles. The van der Waals surface area contributed by atoms with Gasteiger partial charge in [0.05, 0.1) is 6.61 Å². The monoisotopic (exact) mass is 183 g/mol. The molecule has 0 saturated carbocycles. The van der Waals surface area contributed by atoms with Crippen molar-refractivity contribution < 1.29 is 4.74 Å². The number of rotatable bonds is 1. The fourth-order valence-electron chi connectivity index (χ4n) is 1.64. The zero-order valence-electron chi connectivity index (χ0n) is 9.40. The Morgan fingerprint density at radius 1 is 1.31 bits per heavy atom. The SMILES string of the molecule is CC(C)C1=C(C(C)(C)C)COCN1. The molecular weight excluding hydrogens is 162 g/mol. The zero-order valence-corrected chi connectivity index (χ0v) is 9.40. The molecule has 1 heterocycles. The van der Waals surface area contributed by atoms with E-state index in [0.717, 1.165) is 6.61 Å². The van der Waals surface area contributed by atoms with Gasteiger partial charge in [0.1, 0.15) is 6.73 Å². The molecule has 0 fully saturated rings. The Kier molecular flexibility index (Phi) is 3.01. The lowest BCUT2D eigenvalue weighted by Gasteiger charge is -2.32. The summed E-state index contributed by atoms with van der Waals surface area (Å²) >= 11 is 0. The Hall–Kier alpha value is -0.500. The van der Waals surface area contributed by atoms with Crippen LogP contribution in [0.25, 0.3) is 0 Å². The summed E-state index contributed by atoms with van der Waals surface area (Å²) in [5.41, 5.74) is 3.00. The van der Waals surface area contributed by atoms with Crippen molar-refractivity contribution in [3.63, 3.8) is 0 Å². The van der Waals surface area contributed by atoms with Crippen molar-refractivity contribution in [3.05, 3.63) is 11.3 Å². The summed E-state index contributed by atoms with van der Waals surface area (Å²) in [7, 11) is 0. The third kappa shape index (κ3) is 2.47. The van der Waals surface area contributed by atoms with Crippen LogP contribution in [0.1, 0.15) is 34.6 Å². The summed E-state index contributed by atoms with van der Waals surface area (Å²) < 4.78 is 5.42. The van der Waals surface area contributed by atoms with Crippen LogP contribution >= 0.6 is 0 Å². The smallest absolute Gasteiger partial charge is 0.116 e. The van der Waals surface area contributed by atoms with E-state index in [-0.39, 0.29) is 5.41 Å². The van der Waals surface area contributed by atoms with Crippen molar-refractivity contribution in [2.24, 2.45) is 11.3 Å². The highest BCUT2D eigenvalue weighted by molar-refractivity contribution is 5.22. The molecule has 0 aromatic rings. The number of ether oxygens (including phenoxy) is 1. The number of nitrogens with one attached hydrogen (secondary N) is 1. The molecule has 0 unspecified atom stereocenters. The summed E-state index contributed by atoms with van der Waals surface area (Å²) in [6, 6.07) is 0. The van der Waals surface area contributed by atoms with E-state index >= 15 is 0 Å². The molecule has 0 aromatic carbocycles. The summed E-state index contributed by atoms with van der Waals surface area (Å²) in [5.74, 6) is 0.568. The summed E-state index contributed by atoms with van der Waals surface area (Å²) in [5, 5.41) is 3.33. The van der Waals surface area contributed by atoms with Crippen LogP contribution in [0.5, 0.6) is 0 Å². The molecule has 76 valence electrons. The maximum absolute atomic E-state index is 5.42. The molecule has 0 saturated heterocycles. The zero-order chi connectivity index (χ0) is 10.1. The van der Waals surface area contributed by atoms with Crippen molar-refractivity contribution in [3.8, 4) is 0 Å². The maximum Gasteiger partial charge on any atom is 0.116 e. The number of hydrogen-bond donors (Lipinski definition) is 1. The van der Waals surface area contributed by atoms with E-state index in [9.17, 15) is 0 Å². The first-order valence-corrected chi connectivity index (χ1v) is 4.98. The second-order valence-corrected chi connectivity index (χ2v) is 4.97. The third-order valence-electron chi connectivity index (χ3n) is 2.42. The second kappa shape index (κ2) is 3.70. The van der Waals surface area contributed by atoms with E-state index in [2.05, 4.69) is 39.9 Å². The molecule has 2 nitrogen and oxygen atoms in total. The van der Waals surface area contributed by atoms with E-state index < -0.39 is 0 Å². The van der Waals surface area contributed by atoms with Crippen LogP contribution in [-0.2, 0) is 4.74 Å². The summed E-state index contributed by atoms with van der Waals surface area (Å²) in [6.45, 7) is 12.6. The van der Waals surface area contributed by atoms with Gasteiger partial charge < -0.3 is 10.1 Å². The van der Waals surface area contributed by atoms with E-state index in [0.29, 0.717) is 12.6 Å². The van der Waals surface area contributed by atoms with Crippen LogP contribution < -0.4 is 5.32 Å². The van der Waals surface area contributed by atoms with Crippen molar-refractivity contribution >= 4 is 0 Å². The molecule has 1 N–H and O–H groups in total. The van der Waals surface area contributed by atoms with Gasteiger partial charge in [0, 0.05) is 5.70 Å². The first-order chi connectivity index (χ1) is 5.93. The Labute approximate surface area is 81.4 Å². The van der Waals surface area contributed by atoms with Gasteiger partial charge in [0.2, 0.25) is 0 Å². The molecule has 1 aliphatic rings. The minimum absolute atomic E-state index is 0.215. The minimum Gasteiger partial charge on any atom is -0.366 e. The quantitative estimate of drug-likeness (QED) is 0.674. The molecule has 2 heteroatoms. The molecule has 0 amide bonds. The standard InChI is InChI=1S/C11H21NO/c1-8(2)10-9(11(3,4)5)6-13-7-12-10/h8,12H,6-7H2,1-5H3. The highest BCUT2D eigenvalue weighted by Gasteiger charge is 2.25. The molecule has 0 aliphatic carbocycles. The van der Waals surface area contributed by atoms with Crippen LogP contribution in [0.3, 0.4) is 0 Å².